The van der Waals surface area contributed by atoms with E-state index in [1.54, 1.807) is 5.56 Å². The highest BCUT2D eigenvalue weighted by atomic mass is 14.3. The molecular weight excluding hydrogens is 228 g/mol. The standard InChI is InChI=1S/C19H28/c1-5-8-17-16(13-14-19(2,3)4)12-11-15-9-6-7-10-18(15)17/h6-7,9-12,16-17H,5,8,13-14H2,1-4H3. The van der Waals surface area contributed by atoms with Crippen LogP contribution in [0.1, 0.15) is 70.4 Å². The first-order valence-corrected chi connectivity index (χ1v) is 7.78. The molecule has 0 radical (unpaired) electrons. The second kappa shape index (κ2) is 5.94. The van der Waals surface area contributed by atoms with Crippen molar-refractivity contribution in [1.82, 2.24) is 0 Å². The minimum atomic E-state index is 0.446. The van der Waals surface area contributed by atoms with Crippen LogP contribution in [0.4, 0.5) is 0 Å². The Labute approximate surface area is 118 Å². The van der Waals surface area contributed by atoms with Gasteiger partial charge in [0, 0.05) is 0 Å². The summed E-state index contributed by atoms with van der Waals surface area (Å²) >= 11 is 0. The lowest BCUT2D eigenvalue weighted by atomic mass is 9.73. The van der Waals surface area contributed by atoms with Crippen molar-refractivity contribution in [3.8, 4) is 0 Å². The summed E-state index contributed by atoms with van der Waals surface area (Å²) in [6, 6.07) is 8.95. The highest BCUT2D eigenvalue weighted by Gasteiger charge is 2.26. The number of hydrogen-bond acceptors (Lipinski definition) is 0. The third-order valence-electron chi connectivity index (χ3n) is 4.26. The van der Waals surface area contributed by atoms with E-state index in [2.05, 4.69) is 64.1 Å². The van der Waals surface area contributed by atoms with Crippen LogP contribution in [0.3, 0.4) is 0 Å². The van der Waals surface area contributed by atoms with Crippen molar-refractivity contribution < 1.29 is 0 Å². The summed E-state index contributed by atoms with van der Waals surface area (Å²) < 4.78 is 0. The van der Waals surface area contributed by atoms with E-state index in [4.69, 9.17) is 0 Å². The van der Waals surface area contributed by atoms with Crippen LogP contribution in [0.2, 0.25) is 0 Å². The Kier molecular flexibility index (Phi) is 4.50. The lowest BCUT2D eigenvalue weighted by Gasteiger charge is -2.31. The van der Waals surface area contributed by atoms with Crippen LogP contribution in [0.15, 0.2) is 30.3 Å². The Bertz CT molecular complexity index is 434. The first-order valence-electron chi connectivity index (χ1n) is 7.78. The van der Waals surface area contributed by atoms with E-state index in [9.17, 15) is 0 Å². The molecule has 0 aromatic heterocycles. The predicted molar refractivity (Wildman–Crippen MR) is 85.3 cm³/mol. The zero-order valence-electron chi connectivity index (χ0n) is 12.9. The van der Waals surface area contributed by atoms with Crippen molar-refractivity contribution in [1.29, 1.82) is 0 Å². The molecule has 0 fully saturated rings. The van der Waals surface area contributed by atoms with E-state index >= 15 is 0 Å². The fourth-order valence-corrected chi connectivity index (χ4v) is 3.17. The second-order valence-corrected chi connectivity index (χ2v) is 7.15. The molecule has 104 valence electrons. The number of allylic oxidation sites excluding steroid dienone is 1. The number of benzene rings is 1. The van der Waals surface area contributed by atoms with Gasteiger partial charge in [0.2, 0.25) is 0 Å². The average molecular weight is 256 g/mol. The van der Waals surface area contributed by atoms with Gasteiger partial charge in [-0.1, -0.05) is 70.5 Å². The van der Waals surface area contributed by atoms with Gasteiger partial charge in [0.05, 0.1) is 0 Å². The van der Waals surface area contributed by atoms with Crippen molar-refractivity contribution in [3.05, 3.63) is 41.5 Å². The summed E-state index contributed by atoms with van der Waals surface area (Å²) in [5, 5.41) is 0. The molecule has 1 aliphatic rings. The van der Waals surface area contributed by atoms with Crippen LogP contribution in [0.25, 0.3) is 6.08 Å². The molecule has 1 aromatic carbocycles. The summed E-state index contributed by atoms with van der Waals surface area (Å²) in [5.41, 5.74) is 3.46. The Hall–Kier alpha value is -1.04. The van der Waals surface area contributed by atoms with Gasteiger partial charge in [-0.05, 0) is 47.6 Å². The van der Waals surface area contributed by atoms with Crippen LogP contribution < -0.4 is 0 Å². The highest BCUT2D eigenvalue weighted by Crippen LogP contribution is 2.40. The Morgan fingerprint density at radius 2 is 1.79 bits per heavy atom. The largest absolute Gasteiger partial charge is 0.0802 e. The molecule has 0 bridgehead atoms. The topological polar surface area (TPSA) is 0 Å². The molecule has 1 aliphatic carbocycles. The number of hydrogen-bond donors (Lipinski definition) is 0. The first kappa shape index (κ1) is 14.4. The molecule has 0 saturated carbocycles. The molecule has 19 heavy (non-hydrogen) atoms. The van der Waals surface area contributed by atoms with Crippen molar-refractivity contribution in [2.75, 3.05) is 0 Å². The van der Waals surface area contributed by atoms with Gasteiger partial charge < -0.3 is 0 Å². The van der Waals surface area contributed by atoms with Crippen LogP contribution in [0.5, 0.6) is 0 Å². The van der Waals surface area contributed by atoms with Crippen LogP contribution >= 0.6 is 0 Å². The normalized spacial score (nSPS) is 22.3. The Morgan fingerprint density at radius 1 is 1.05 bits per heavy atom. The van der Waals surface area contributed by atoms with E-state index in [0.717, 1.165) is 11.8 Å². The summed E-state index contributed by atoms with van der Waals surface area (Å²) in [7, 11) is 0. The molecule has 0 spiro atoms. The highest BCUT2D eigenvalue weighted by molar-refractivity contribution is 5.58. The molecule has 0 N–H and O–H groups in total. The lowest BCUT2D eigenvalue weighted by molar-refractivity contribution is 0.317. The molecule has 2 atom stereocenters. The first-order chi connectivity index (χ1) is 9.01. The van der Waals surface area contributed by atoms with E-state index < -0.39 is 0 Å². The van der Waals surface area contributed by atoms with E-state index in [1.165, 1.54) is 31.2 Å². The quantitative estimate of drug-likeness (QED) is 0.616. The molecule has 2 unspecified atom stereocenters. The maximum absolute atomic E-state index is 2.47. The fraction of sp³-hybridized carbons (Fsp3) is 0.579. The Balaban J connectivity index is 2.17. The fourth-order valence-electron chi connectivity index (χ4n) is 3.17. The molecular formula is C19H28. The molecule has 1 aromatic rings. The van der Waals surface area contributed by atoms with Gasteiger partial charge >= 0.3 is 0 Å². The van der Waals surface area contributed by atoms with Gasteiger partial charge in [-0.25, -0.2) is 0 Å². The molecule has 2 rings (SSSR count). The maximum atomic E-state index is 2.47. The van der Waals surface area contributed by atoms with Crippen molar-refractivity contribution in [2.45, 2.75) is 59.3 Å². The van der Waals surface area contributed by atoms with Gasteiger partial charge in [0.15, 0.2) is 0 Å². The van der Waals surface area contributed by atoms with Crippen LogP contribution in [-0.2, 0) is 0 Å². The molecule has 0 saturated heterocycles. The minimum Gasteiger partial charge on any atom is -0.0802 e. The van der Waals surface area contributed by atoms with E-state index in [1.807, 2.05) is 0 Å². The summed E-state index contributed by atoms with van der Waals surface area (Å²) in [6.07, 6.45) is 10.0. The molecule has 0 aliphatic heterocycles. The van der Waals surface area contributed by atoms with Gasteiger partial charge in [-0.3, -0.25) is 0 Å². The maximum Gasteiger partial charge on any atom is -0.00931 e. The van der Waals surface area contributed by atoms with Gasteiger partial charge in [-0.15, -0.1) is 0 Å². The van der Waals surface area contributed by atoms with Crippen molar-refractivity contribution in [3.63, 3.8) is 0 Å². The molecule has 0 heterocycles. The summed E-state index contributed by atoms with van der Waals surface area (Å²) in [6.45, 7) is 9.36. The number of rotatable bonds is 4. The van der Waals surface area contributed by atoms with Gasteiger partial charge in [0.25, 0.3) is 0 Å². The van der Waals surface area contributed by atoms with Gasteiger partial charge in [0.1, 0.15) is 0 Å². The zero-order chi connectivity index (χ0) is 13.9. The van der Waals surface area contributed by atoms with Crippen LogP contribution in [0, 0.1) is 11.3 Å². The summed E-state index contributed by atoms with van der Waals surface area (Å²) in [5.74, 6) is 1.46. The summed E-state index contributed by atoms with van der Waals surface area (Å²) in [4.78, 5) is 0. The second-order valence-electron chi connectivity index (χ2n) is 7.15. The zero-order valence-corrected chi connectivity index (χ0v) is 12.9. The van der Waals surface area contributed by atoms with Crippen LogP contribution in [-0.4, -0.2) is 0 Å². The molecule has 0 heteroatoms. The van der Waals surface area contributed by atoms with Crippen molar-refractivity contribution in [2.24, 2.45) is 11.3 Å². The SMILES string of the molecule is CCCC1c2ccccc2C=CC1CCC(C)(C)C. The Morgan fingerprint density at radius 3 is 2.47 bits per heavy atom. The van der Waals surface area contributed by atoms with E-state index in [-0.39, 0.29) is 0 Å². The molecule has 0 nitrogen and oxygen atoms in total. The molecule has 0 amide bonds. The average Bonchev–Trinajstić information content (AvgIpc) is 2.37. The van der Waals surface area contributed by atoms with E-state index in [0.29, 0.717) is 5.41 Å². The van der Waals surface area contributed by atoms with Crippen molar-refractivity contribution >= 4 is 6.08 Å². The van der Waals surface area contributed by atoms with Gasteiger partial charge in [-0.2, -0.15) is 0 Å². The minimum absolute atomic E-state index is 0.446. The lowest BCUT2D eigenvalue weighted by Crippen LogP contribution is -2.18. The third-order valence-corrected chi connectivity index (χ3v) is 4.26. The number of fused-ring (bicyclic) bond motifs is 1. The predicted octanol–water partition coefficient (Wildman–Crippen LogP) is 6.04. The third kappa shape index (κ3) is 3.72. The smallest absolute Gasteiger partial charge is 0.00931 e. The monoisotopic (exact) mass is 256 g/mol.